The molecule has 0 aliphatic heterocycles. The Kier molecular flexibility index (Phi) is 3.37. The minimum Gasteiger partial charge on any atom is -0.294 e. The van der Waals surface area contributed by atoms with Crippen LogP contribution in [0, 0.1) is 5.92 Å². The molecule has 0 radical (unpaired) electrons. The molecule has 2 rings (SSSR count). The van der Waals surface area contributed by atoms with Crippen molar-refractivity contribution in [1.82, 2.24) is 0 Å². The Labute approximate surface area is 104 Å². The summed E-state index contributed by atoms with van der Waals surface area (Å²) in [6.07, 6.45) is 2.17. The average Bonchev–Trinajstić information content (AvgIpc) is 3.10. The second-order valence-electron chi connectivity index (χ2n) is 5.79. The van der Waals surface area contributed by atoms with Crippen molar-refractivity contribution < 1.29 is 4.79 Å². The lowest BCUT2D eigenvalue weighted by molar-refractivity contribution is 0.0966. The first-order valence-electron chi connectivity index (χ1n) is 6.68. The molecule has 0 unspecified atom stereocenters. The molecule has 0 heterocycles. The van der Waals surface area contributed by atoms with E-state index in [-0.39, 0.29) is 0 Å². The smallest absolute Gasteiger partial charge is 0.166 e. The van der Waals surface area contributed by atoms with Crippen LogP contribution in [0.3, 0.4) is 0 Å². The number of carbonyl (C=O) groups is 1. The Morgan fingerprint density at radius 2 is 1.76 bits per heavy atom. The van der Waals surface area contributed by atoms with E-state index in [0.717, 1.165) is 18.4 Å². The van der Waals surface area contributed by atoms with Crippen LogP contribution in [0.1, 0.15) is 73.9 Å². The van der Waals surface area contributed by atoms with Crippen LogP contribution in [0.2, 0.25) is 0 Å². The minimum absolute atomic E-state index is 0.317. The van der Waals surface area contributed by atoms with Crippen LogP contribution in [-0.4, -0.2) is 5.78 Å². The highest BCUT2D eigenvalue weighted by Gasteiger charge is 2.31. The topological polar surface area (TPSA) is 17.1 Å². The molecule has 0 aromatic heterocycles. The van der Waals surface area contributed by atoms with Crippen molar-refractivity contribution in [3.63, 3.8) is 0 Å². The quantitative estimate of drug-likeness (QED) is 0.695. The van der Waals surface area contributed by atoms with Gasteiger partial charge >= 0.3 is 0 Å². The molecule has 1 nitrogen and oxygen atoms in total. The predicted octanol–water partition coefficient (Wildman–Crippen LogP) is 4.53. The lowest BCUT2D eigenvalue weighted by Crippen LogP contribution is -2.08. The third-order valence-corrected chi connectivity index (χ3v) is 3.58. The Hall–Kier alpha value is -1.11. The van der Waals surface area contributed by atoms with Gasteiger partial charge in [0.25, 0.3) is 0 Å². The Morgan fingerprint density at radius 3 is 2.24 bits per heavy atom. The summed E-state index contributed by atoms with van der Waals surface area (Å²) >= 11 is 0. The zero-order chi connectivity index (χ0) is 12.6. The van der Waals surface area contributed by atoms with Crippen LogP contribution in [0.15, 0.2) is 18.2 Å². The van der Waals surface area contributed by atoms with E-state index in [1.54, 1.807) is 0 Å². The maximum absolute atomic E-state index is 12.2. The zero-order valence-corrected chi connectivity index (χ0v) is 11.3. The summed E-state index contributed by atoms with van der Waals surface area (Å²) in [4.78, 5) is 12.2. The first-order valence-corrected chi connectivity index (χ1v) is 6.68. The van der Waals surface area contributed by atoms with Crippen LogP contribution >= 0.6 is 0 Å². The molecule has 0 spiro atoms. The van der Waals surface area contributed by atoms with Gasteiger partial charge in [-0.1, -0.05) is 45.9 Å². The molecule has 1 aliphatic carbocycles. The molecular weight excluding hydrogens is 208 g/mol. The van der Waals surface area contributed by atoms with E-state index in [1.807, 2.05) is 6.07 Å². The van der Waals surface area contributed by atoms with E-state index in [2.05, 4.69) is 39.8 Å². The fraction of sp³-hybridized carbons (Fsp3) is 0.562. The maximum atomic E-state index is 12.2. The lowest BCUT2D eigenvalue weighted by atomic mass is 9.89. The fourth-order valence-corrected chi connectivity index (χ4v) is 2.21. The van der Waals surface area contributed by atoms with Crippen LogP contribution in [-0.2, 0) is 0 Å². The van der Waals surface area contributed by atoms with Gasteiger partial charge in [-0.05, 0) is 35.8 Å². The van der Waals surface area contributed by atoms with Crippen LogP contribution in [0.5, 0.6) is 0 Å². The molecule has 17 heavy (non-hydrogen) atoms. The summed E-state index contributed by atoms with van der Waals surface area (Å²) in [5.41, 5.74) is 3.53. The van der Waals surface area contributed by atoms with E-state index in [9.17, 15) is 4.79 Å². The highest BCUT2D eigenvalue weighted by Crippen LogP contribution is 2.35. The standard InChI is InChI=1S/C16H22O/c1-10(2)13-7-8-14(15(9-13)11(3)4)16(17)12-5-6-12/h7-12H,5-6H2,1-4H3. The third-order valence-electron chi connectivity index (χ3n) is 3.58. The monoisotopic (exact) mass is 230 g/mol. The van der Waals surface area contributed by atoms with Crippen molar-refractivity contribution in [3.05, 3.63) is 34.9 Å². The van der Waals surface area contributed by atoms with Gasteiger partial charge in [-0.2, -0.15) is 0 Å². The van der Waals surface area contributed by atoms with Crippen molar-refractivity contribution in [2.24, 2.45) is 5.92 Å². The van der Waals surface area contributed by atoms with Crippen LogP contribution < -0.4 is 0 Å². The zero-order valence-electron chi connectivity index (χ0n) is 11.3. The Balaban J connectivity index is 2.40. The van der Waals surface area contributed by atoms with Crippen molar-refractivity contribution in [3.8, 4) is 0 Å². The second kappa shape index (κ2) is 4.64. The van der Waals surface area contributed by atoms with Gasteiger partial charge in [-0.15, -0.1) is 0 Å². The molecule has 1 fully saturated rings. The summed E-state index contributed by atoms with van der Waals surface area (Å²) < 4.78 is 0. The Morgan fingerprint density at radius 1 is 1.12 bits per heavy atom. The maximum Gasteiger partial charge on any atom is 0.166 e. The van der Waals surface area contributed by atoms with E-state index in [4.69, 9.17) is 0 Å². The molecule has 1 heteroatoms. The van der Waals surface area contributed by atoms with Crippen molar-refractivity contribution in [1.29, 1.82) is 0 Å². The van der Waals surface area contributed by atoms with Gasteiger partial charge in [0.2, 0.25) is 0 Å². The van der Waals surface area contributed by atoms with Gasteiger partial charge in [0.15, 0.2) is 5.78 Å². The van der Waals surface area contributed by atoms with E-state index < -0.39 is 0 Å². The Bertz CT molecular complexity index is 425. The van der Waals surface area contributed by atoms with Crippen LogP contribution in [0.25, 0.3) is 0 Å². The molecule has 0 bridgehead atoms. The van der Waals surface area contributed by atoms with Gasteiger partial charge < -0.3 is 0 Å². The summed E-state index contributed by atoms with van der Waals surface area (Å²) in [6.45, 7) is 8.73. The van der Waals surface area contributed by atoms with E-state index in [0.29, 0.717) is 23.5 Å². The minimum atomic E-state index is 0.317. The van der Waals surface area contributed by atoms with Gasteiger partial charge in [0.1, 0.15) is 0 Å². The summed E-state index contributed by atoms with van der Waals surface area (Å²) in [5.74, 6) is 1.63. The molecule has 0 atom stereocenters. The van der Waals surface area contributed by atoms with Crippen molar-refractivity contribution >= 4 is 5.78 Å². The van der Waals surface area contributed by atoms with Crippen molar-refractivity contribution in [2.45, 2.75) is 52.4 Å². The van der Waals surface area contributed by atoms with E-state index >= 15 is 0 Å². The van der Waals surface area contributed by atoms with Gasteiger partial charge in [-0.25, -0.2) is 0 Å². The molecule has 0 N–H and O–H groups in total. The van der Waals surface area contributed by atoms with Gasteiger partial charge in [0, 0.05) is 11.5 Å². The summed E-state index contributed by atoms with van der Waals surface area (Å²) in [5, 5.41) is 0. The molecular formula is C16H22O. The molecule has 0 amide bonds. The lowest BCUT2D eigenvalue weighted by Gasteiger charge is -2.15. The number of Topliss-reactive ketones (excluding diaryl/α,β-unsaturated/α-hetero) is 1. The number of rotatable bonds is 4. The van der Waals surface area contributed by atoms with Crippen molar-refractivity contribution in [2.75, 3.05) is 0 Å². The molecule has 1 aromatic carbocycles. The third kappa shape index (κ3) is 2.59. The van der Waals surface area contributed by atoms with Gasteiger partial charge in [-0.3, -0.25) is 4.79 Å². The summed E-state index contributed by atoms with van der Waals surface area (Å²) in [6, 6.07) is 6.39. The molecule has 1 aliphatic rings. The SMILES string of the molecule is CC(C)c1ccc(C(=O)C2CC2)c(C(C)C)c1. The van der Waals surface area contributed by atoms with Gasteiger partial charge in [0.05, 0.1) is 0 Å². The molecule has 0 saturated heterocycles. The highest BCUT2D eigenvalue weighted by atomic mass is 16.1. The first-order chi connectivity index (χ1) is 8.00. The first kappa shape index (κ1) is 12.3. The van der Waals surface area contributed by atoms with Crippen LogP contribution in [0.4, 0.5) is 0 Å². The highest BCUT2D eigenvalue weighted by molar-refractivity contribution is 6.00. The summed E-state index contributed by atoms with van der Waals surface area (Å²) in [7, 11) is 0. The average molecular weight is 230 g/mol. The largest absolute Gasteiger partial charge is 0.294 e. The number of hydrogen-bond donors (Lipinski definition) is 0. The number of benzene rings is 1. The fourth-order valence-electron chi connectivity index (χ4n) is 2.21. The molecule has 1 saturated carbocycles. The van der Waals surface area contributed by atoms with E-state index in [1.165, 1.54) is 11.1 Å². The molecule has 1 aromatic rings. The predicted molar refractivity (Wildman–Crippen MR) is 71.7 cm³/mol. The molecule has 92 valence electrons. The number of carbonyl (C=O) groups excluding carboxylic acids is 1. The normalized spacial score (nSPS) is 15.6. The second-order valence-corrected chi connectivity index (χ2v) is 5.79. The number of ketones is 1. The number of hydrogen-bond acceptors (Lipinski definition) is 1.